The van der Waals surface area contributed by atoms with Crippen LogP contribution in [-0.2, 0) is 9.59 Å². The van der Waals surface area contributed by atoms with Gasteiger partial charge in [0.25, 0.3) is 0 Å². The first-order valence-corrected chi connectivity index (χ1v) is 7.70. The molecular weight excluding hydrogens is 290 g/mol. The molecule has 0 radical (unpaired) electrons. The molecule has 0 aliphatic heterocycles. The third-order valence-corrected chi connectivity index (χ3v) is 3.82. The molecule has 5 nitrogen and oxygen atoms in total. The molecule has 1 rings (SSSR count). The number of hydrogen-bond acceptors (Lipinski definition) is 4. The highest BCUT2D eigenvalue weighted by Crippen LogP contribution is 2.28. The van der Waals surface area contributed by atoms with Crippen LogP contribution in [0.2, 0.25) is 0 Å². The molecule has 1 aromatic rings. The molecule has 0 heterocycles. The van der Waals surface area contributed by atoms with Gasteiger partial charge in [-0.15, -0.1) is 11.8 Å². The molecule has 1 atom stereocenters. The lowest BCUT2D eigenvalue weighted by Crippen LogP contribution is -2.42. The molecule has 1 aromatic carbocycles. The number of aliphatic carboxylic acids is 1. The second-order valence-corrected chi connectivity index (χ2v) is 6.04. The highest BCUT2D eigenvalue weighted by atomic mass is 32.2. The van der Waals surface area contributed by atoms with Crippen LogP contribution in [0.15, 0.2) is 29.2 Å². The molecule has 0 aromatic heterocycles. The van der Waals surface area contributed by atoms with E-state index in [1.807, 2.05) is 38.1 Å². The van der Waals surface area contributed by atoms with E-state index in [0.29, 0.717) is 12.2 Å². The van der Waals surface area contributed by atoms with Gasteiger partial charge in [0.05, 0.1) is 12.9 Å². The molecule has 0 saturated carbocycles. The standard InChI is InChI=1S/C15H21NO4S/c1-10(2)8-11(15(18)19)16-14(17)9-21-13-7-5-4-6-12(13)20-3/h4-7,10-11H,8-9H2,1-3H3,(H,16,17)(H,18,19). The minimum atomic E-state index is -1.00. The highest BCUT2D eigenvalue weighted by molar-refractivity contribution is 8.00. The van der Waals surface area contributed by atoms with E-state index in [1.54, 1.807) is 7.11 Å². The maximum atomic E-state index is 11.9. The number of benzene rings is 1. The smallest absolute Gasteiger partial charge is 0.326 e. The zero-order valence-corrected chi connectivity index (χ0v) is 13.3. The van der Waals surface area contributed by atoms with Gasteiger partial charge in [-0.1, -0.05) is 26.0 Å². The summed E-state index contributed by atoms with van der Waals surface area (Å²) in [5.74, 6) is -0.235. The number of carbonyl (C=O) groups excluding carboxylic acids is 1. The predicted molar refractivity (Wildman–Crippen MR) is 82.7 cm³/mol. The van der Waals surface area contributed by atoms with Crippen molar-refractivity contribution in [2.75, 3.05) is 12.9 Å². The molecule has 0 bridgehead atoms. The third kappa shape index (κ3) is 6.08. The monoisotopic (exact) mass is 311 g/mol. The number of rotatable bonds is 8. The first-order chi connectivity index (χ1) is 9.93. The Morgan fingerprint density at radius 1 is 1.33 bits per heavy atom. The Morgan fingerprint density at radius 3 is 2.57 bits per heavy atom. The largest absolute Gasteiger partial charge is 0.496 e. The van der Waals surface area contributed by atoms with Crippen molar-refractivity contribution in [3.8, 4) is 5.75 Å². The van der Waals surface area contributed by atoms with Gasteiger partial charge in [-0.25, -0.2) is 4.79 Å². The molecule has 0 fully saturated rings. The first kappa shape index (κ1) is 17.4. The van der Waals surface area contributed by atoms with Crippen LogP contribution < -0.4 is 10.1 Å². The number of methoxy groups -OCH3 is 1. The summed E-state index contributed by atoms with van der Waals surface area (Å²) in [7, 11) is 1.57. The zero-order chi connectivity index (χ0) is 15.8. The summed E-state index contributed by atoms with van der Waals surface area (Å²) in [6.45, 7) is 3.84. The molecule has 0 spiro atoms. The number of para-hydroxylation sites is 1. The number of ether oxygens (including phenoxy) is 1. The summed E-state index contributed by atoms with van der Waals surface area (Å²) < 4.78 is 5.20. The molecule has 0 aliphatic carbocycles. The summed E-state index contributed by atoms with van der Waals surface area (Å²) in [5, 5.41) is 11.7. The van der Waals surface area contributed by atoms with Crippen molar-refractivity contribution in [3.63, 3.8) is 0 Å². The third-order valence-electron chi connectivity index (χ3n) is 2.77. The van der Waals surface area contributed by atoms with Gasteiger partial charge >= 0.3 is 5.97 Å². The number of amides is 1. The van der Waals surface area contributed by atoms with Crippen molar-refractivity contribution in [3.05, 3.63) is 24.3 Å². The fraction of sp³-hybridized carbons (Fsp3) is 0.467. The Bertz CT molecular complexity index is 490. The van der Waals surface area contributed by atoms with Crippen molar-refractivity contribution in [2.45, 2.75) is 31.2 Å². The van der Waals surface area contributed by atoms with Crippen LogP contribution in [-0.4, -0.2) is 35.9 Å². The van der Waals surface area contributed by atoms with E-state index in [4.69, 9.17) is 9.84 Å². The van der Waals surface area contributed by atoms with Gasteiger partial charge < -0.3 is 15.2 Å². The molecule has 6 heteroatoms. The average molecular weight is 311 g/mol. The van der Waals surface area contributed by atoms with Gasteiger partial charge in [0, 0.05) is 4.90 Å². The Hall–Kier alpha value is -1.69. The number of carbonyl (C=O) groups is 2. The van der Waals surface area contributed by atoms with Crippen molar-refractivity contribution >= 4 is 23.6 Å². The fourth-order valence-corrected chi connectivity index (χ4v) is 2.65. The minimum Gasteiger partial charge on any atom is -0.496 e. The second-order valence-electron chi connectivity index (χ2n) is 5.03. The summed E-state index contributed by atoms with van der Waals surface area (Å²) in [6, 6.07) is 6.56. The molecule has 0 aliphatic rings. The fourth-order valence-electron chi connectivity index (χ4n) is 1.81. The molecular formula is C15H21NO4S. The topological polar surface area (TPSA) is 75.6 Å². The summed E-state index contributed by atoms with van der Waals surface area (Å²) >= 11 is 1.32. The predicted octanol–water partition coefficient (Wildman–Crippen LogP) is 2.40. The van der Waals surface area contributed by atoms with E-state index >= 15 is 0 Å². The molecule has 116 valence electrons. The van der Waals surface area contributed by atoms with Crippen LogP contribution in [0.5, 0.6) is 5.75 Å². The lowest BCUT2D eigenvalue weighted by atomic mass is 10.0. The zero-order valence-electron chi connectivity index (χ0n) is 12.5. The normalized spacial score (nSPS) is 12.0. The van der Waals surface area contributed by atoms with Gasteiger partial charge in [-0.05, 0) is 24.5 Å². The minimum absolute atomic E-state index is 0.155. The summed E-state index contributed by atoms with van der Waals surface area (Å²) in [5.41, 5.74) is 0. The number of carboxylic acids is 1. The molecule has 1 unspecified atom stereocenters. The van der Waals surface area contributed by atoms with Gasteiger partial charge in [0.15, 0.2) is 0 Å². The van der Waals surface area contributed by atoms with Gasteiger partial charge in [0.1, 0.15) is 11.8 Å². The summed E-state index contributed by atoms with van der Waals surface area (Å²) in [4.78, 5) is 23.8. The van der Waals surface area contributed by atoms with Crippen molar-refractivity contribution in [2.24, 2.45) is 5.92 Å². The lowest BCUT2D eigenvalue weighted by Gasteiger charge is -2.16. The van der Waals surface area contributed by atoms with Crippen LogP contribution in [0.25, 0.3) is 0 Å². The van der Waals surface area contributed by atoms with Crippen molar-refractivity contribution < 1.29 is 19.4 Å². The Labute approximate surface area is 129 Å². The average Bonchev–Trinajstić information content (AvgIpc) is 2.44. The van der Waals surface area contributed by atoms with Crippen molar-refractivity contribution in [1.29, 1.82) is 0 Å². The van der Waals surface area contributed by atoms with Gasteiger partial charge in [0.2, 0.25) is 5.91 Å². The lowest BCUT2D eigenvalue weighted by molar-refractivity contribution is -0.141. The van der Waals surface area contributed by atoms with E-state index in [1.165, 1.54) is 11.8 Å². The van der Waals surface area contributed by atoms with Crippen LogP contribution in [0.4, 0.5) is 0 Å². The van der Waals surface area contributed by atoms with E-state index in [2.05, 4.69) is 5.32 Å². The van der Waals surface area contributed by atoms with Crippen LogP contribution in [0.3, 0.4) is 0 Å². The maximum Gasteiger partial charge on any atom is 0.326 e. The SMILES string of the molecule is COc1ccccc1SCC(=O)NC(CC(C)C)C(=O)O. The molecule has 1 amide bonds. The van der Waals surface area contributed by atoms with Gasteiger partial charge in [-0.2, -0.15) is 0 Å². The molecule has 0 saturated heterocycles. The maximum absolute atomic E-state index is 11.9. The first-order valence-electron chi connectivity index (χ1n) is 6.72. The van der Waals surface area contributed by atoms with Gasteiger partial charge in [-0.3, -0.25) is 4.79 Å². The van der Waals surface area contributed by atoms with E-state index in [-0.39, 0.29) is 17.6 Å². The Kier molecular flexibility index (Phi) is 7.08. The Morgan fingerprint density at radius 2 is 2.00 bits per heavy atom. The Balaban J connectivity index is 2.54. The van der Waals surface area contributed by atoms with Crippen LogP contribution in [0, 0.1) is 5.92 Å². The van der Waals surface area contributed by atoms with E-state index in [0.717, 1.165) is 4.90 Å². The molecule has 21 heavy (non-hydrogen) atoms. The number of carboxylic acid groups (broad SMARTS) is 1. The molecule has 2 N–H and O–H groups in total. The number of thioether (sulfide) groups is 1. The van der Waals surface area contributed by atoms with Crippen molar-refractivity contribution in [1.82, 2.24) is 5.32 Å². The number of nitrogens with one attached hydrogen (secondary N) is 1. The second kappa shape index (κ2) is 8.56. The summed E-state index contributed by atoms with van der Waals surface area (Å²) in [6.07, 6.45) is 0.417. The highest BCUT2D eigenvalue weighted by Gasteiger charge is 2.21. The van der Waals surface area contributed by atoms with Crippen LogP contribution in [0.1, 0.15) is 20.3 Å². The quantitative estimate of drug-likeness (QED) is 0.721. The van der Waals surface area contributed by atoms with Crippen LogP contribution >= 0.6 is 11.8 Å². The number of hydrogen-bond donors (Lipinski definition) is 2. The van der Waals surface area contributed by atoms with E-state index < -0.39 is 12.0 Å². The van der Waals surface area contributed by atoms with E-state index in [9.17, 15) is 9.59 Å².